The Morgan fingerprint density at radius 3 is 1.18 bits per heavy atom. The maximum atomic E-state index is 2.26. The molecule has 0 aromatic carbocycles. The third-order valence-corrected chi connectivity index (χ3v) is 7.25. The summed E-state index contributed by atoms with van der Waals surface area (Å²) in [6.07, 6.45) is 43.4. The fourth-order valence-electron chi connectivity index (χ4n) is 4.70. The van der Waals surface area contributed by atoms with Crippen LogP contribution in [0.15, 0.2) is 166 Å². The fourth-order valence-corrected chi connectivity index (χ4v) is 4.70. The van der Waals surface area contributed by atoms with Crippen molar-refractivity contribution < 1.29 is 0 Å². The zero-order valence-corrected chi connectivity index (χ0v) is 26.5. The number of rotatable bonds is 9. The SMILES string of the molecule is CC1=CC=CC(C)(C)\C1=C/C=C(C)/C=C/C=C(C)/C=C/C=C/C(C)=C/C=C/C(C)=C/C=C1/C(C)=CC=CC1(C)C. The molecule has 0 fully saturated rings. The van der Waals surface area contributed by atoms with Crippen LogP contribution in [-0.2, 0) is 0 Å². The largest absolute Gasteiger partial charge is 0.0745 e. The number of hydrogen-bond donors (Lipinski definition) is 0. The van der Waals surface area contributed by atoms with Gasteiger partial charge in [-0.3, -0.25) is 0 Å². The lowest BCUT2D eigenvalue weighted by molar-refractivity contribution is 0.582. The Balaban J connectivity index is 1.90. The lowest BCUT2D eigenvalue weighted by Crippen LogP contribution is -2.14. The molecule has 0 heteroatoms. The summed E-state index contributed by atoms with van der Waals surface area (Å²) in [6.45, 7) is 22.0. The molecule has 0 nitrogen and oxygen atoms in total. The van der Waals surface area contributed by atoms with Crippen LogP contribution in [0.4, 0.5) is 0 Å². The summed E-state index contributed by atoms with van der Waals surface area (Å²) in [5, 5.41) is 0. The monoisotopic (exact) mass is 530 g/mol. The first-order chi connectivity index (χ1) is 18.8. The summed E-state index contributed by atoms with van der Waals surface area (Å²) in [5.41, 5.74) is 10.5. The molecule has 210 valence electrons. The molecule has 0 amide bonds. The van der Waals surface area contributed by atoms with Gasteiger partial charge in [-0.15, -0.1) is 0 Å². The van der Waals surface area contributed by atoms with Gasteiger partial charge in [0.1, 0.15) is 0 Å². The van der Waals surface area contributed by atoms with Gasteiger partial charge in [0.05, 0.1) is 0 Å². The number of hydrogen-bond acceptors (Lipinski definition) is 0. The van der Waals surface area contributed by atoms with Crippen molar-refractivity contribution in [1.29, 1.82) is 0 Å². The van der Waals surface area contributed by atoms with Crippen molar-refractivity contribution in [2.75, 3.05) is 0 Å². The third kappa shape index (κ3) is 10.9. The second kappa shape index (κ2) is 15.2. The van der Waals surface area contributed by atoms with Gasteiger partial charge in [0.2, 0.25) is 0 Å². The summed E-state index contributed by atoms with van der Waals surface area (Å²) in [5.74, 6) is 0. The van der Waals surface area contributed by atoms with E-state index in [9.17, 15) is 0 Å². The molecule has 0 spiro atoms. The van der Waals surface area contributed by atoms with Crippen LogP contribution in [0.3, 0.4) is 0 Å². The minimum absolute atomic E-state index is 0.0766. The van der Waals surface area contributed by atoms with Crippen molar-refractivity contribution in [2.24, 2.45) is 10.8 Å². The quantitative estimate of drug-likeness (QED) is 0.260. The molecule has 2 rings (SSSR count). The molecule has 0 N–H and O–H groups in total. The van der Waals surface area contributed by atoms with Gasteiger partial charge in [0.15, 0.2) is 0 Å². The minimum atomic E-state index is 0.0766. The smallest absolute Gasteiger partial charge is 0.00810 e. The highest BCUT2D eigenvalue weighted by molar-refractivity contribution is 5.47. The molecular formula is C40H50. The maximum absolute atomic E-state index is 2.26. The van der Waals surface area contributed by atoms with Crippen LogP contribution in [0, 0.1) is 10.8 Å². The molecule has 0 radical (unpaired) electrons. The lowest BCUT2D eigenvalue weighted by Gasteiger charge is -2.27. The van der Waals surface area contributed by atoms with Gasteiger partial charge in [-0.25, -0.2) is 0 Å². The Bertz CT molecular complexity index is 1240. The predicted octanol–water partition coefficient (Wildman–Crippen LogP) is 11.9. The van der Waals surface area contributed by atoms with Crippen molar-refractivity contribution in [3.8, 4) is 0 Å². The van der Waals surface area contributed by atoms with Gasteiger partial charge in [0, 0.05) is 10.8 Å². The summed E-state index contributed by atoms with van der Waals surface area (Å²) in [6, 6.07) is 0. The molecule has 0 aromatic rings. The highest BCUT2D eigenvalue weighted by atomic mass is 14.3. The average Bonchev–Trinajstić information content (AvgIpc) is 2.85. The fraction of sp³-hybridized carbons (Fsp3) is 0.300. The second-order valence-electron chi connectivity index (χ2n) is 12.1. The molecule has 2 aliphatic rings. The normalized spacial score (nSPS) is 22.6. The lowest BCUT2D eigenvalue weighted by atomic mass is 9.77. The van der Waals surface area contributed by atoms with Crippen LogP contribution >= 0.6 is 0 Å². The standard InChI is InChI=1S/C40H50/c1-31(19-13-21-33(3)25-27-37-35(5)23-15-29-39(37,7)8)17-11-12-18-32(2)20-14-22-34(4)26-28-38-36(6)24-16-30-40(38,9)10/h11-30H,1-10H3/b17-11+,18-12+,21-13+,22-14+,31-19+,32-20+,33-25+,34-26+,37-27-,38-28-. The molecule has 0 heterocycles. The van der Waals surface area contributed by atoms with E-state index < -0.39 is 0 Å². The van der Waals surface area contributed by atoms with E-state index in [1.807, 2.05) is 0 Å². The van der Waals surface area contributed by atoms with Gasteiger partial charge in [-0.2, -0.15) is 0 Å². The van der Waals surface area contributed by atoms with Gasteiger partial charge < -0.3 is 0 Å². The van der Waals surface area contributed by atoms with Crippen LogP contribution < -0.4 is 0 Å². The second-order valence-corrected chi connectivity index (χ2v) is 12.1. The maximum Gasteiger partial charge on any atom is 0.00810 e. The topological polar surface area (TPSA) is 0 Å². The Morgan fingerprint density at radius 1 is 0.500 bits per heavy atom. The molecule has 0 aromatic heterocycles. The Labute approximate surface area is 245 Å². The highest BCUT2D eigenvalue weighted by Crippen LogP contribution is 2.37. The van der Waals surface area contributed by atoms with Crippen LogP contribution in [0.25, 0.3) is 0 Å². The molecule has 0 aliphatic heterocycles. The van der Waals surface area contributed by atoms with Gasteiger partial charge >= 0.3 is 0 Å². The van der Waals surface area contributed by atoms with E-state index in [-0.39, 0.29) is 10.8 Å². The van der Waals surface area contributed by atoms with E-state index in [4.69, 9.17) is 0 Å². The molecule has 2 aliphatic carbocycles. The van der Waals surface area contributed by atoms with Gasteiger partial charge in [-0.05, 0) is 63.8 Å². The Kier molecular flexibility index (Phi) is 12.4. The number of allylic oxidation sites excluding steroid dienone is 28. The van der Waals surface area contributed by atoms with E-state index in [2.05, 4.69) is 191 Å². The third-order valence-electron chi connectivity index (χ3n) is 7.25. The van der Waals surface area contributed by atoms with E-state index in [0.717, 1.165) is 0 Å². The van der Waals surface area contributed by atoms with Crippen molar-refractivity contribution in [2.45, 2.75) is 69.2 Å². The molecule has 0 saturated carbocycles. The highest BCUT2D eigenvalue weighted by Gasteiger charge is 2.23. The Morgan fingerprint density at radius 2 is 0.825 bits per heavy atom. The molecule has 0 saturated heterocycles. The van der Waals surface area contributed by atoms with Crippen molar-refractivity contribution in [3.63, 3.8) is 0 Å². The van der Waals surface area contributed by atoms with Crippen LogP contribution in [-0.4, -0.2) is 0 Å². The summed E-state index contributed by atoms with van der Waals surface area (Å²) >= 11 is 0. The van der Waals surface area contributed by atoms with Crippen LogP contribution in [0.2, 0.25) is 0 Å². The zero-order chi connectivity index (χ0) is 29.8. The summed E-state index contributed by atoms with van der Waals surface area (Å²) in [4.78, 5) is 0. The summed E-state index contributed by atoms with van der Waals surface area (Å²) in [7, 11) is 0. The van der Waals surface area contributed by atoms with E-state index in [0.29, 0.717) is 0 Å². The zero-order valence-electron chi connectivity index (χ0n) is 26.5. The summed E-state index contributed by atoms with van der Waals surface area (Å²) < 4.78 is 0. The van der Waals surface area contributed by atoms with Gasteiger partial charge in [0.25, 0.3) is 0 Å². The van der Waals surface area contributed by atoms with E-state index in [1.165, 1.54) is 44.6 Å². The van der Waals surface area contributed by atoms with E-state index in [1.54, 1.807) is 0 Å². The van der Waals surface area contributed by atoms with Crippen molar-refractivity contribution in [3.05, 3.63) is 166 Å². The van der Waals surface area contributed by atoms with Crippen molar-refractivity contribution in [1.82, 2.24) is 0 Å². The first-order valence-corrected chi connectivity index (χ1v) is 14.4. The van der Waals surface area contributed by atoms with E-state index >= 15 is 0 Å². The minimum Gasteiger partial charge on any atom is -0.0745 e. The van der Waals surface area contributed by atoms with Crippen LogP contribution in [0.1, 0.15) is 69.2 Å². The first kappa shape index (κ1) is 32.6. The van der Waals surface area contributed by atoms with Gasteiger partial charge in [-0.1, -0.05) is 172 Å². The molecule has 0 atom stereocenters. The average molecular weight is 531 g/mol. The molecular weight excluding hydrogens is 480 g/mol. The molecule has 0 unspecified atom stereocenters. The predicted molar refractivity (Wildman–Crippen MR) is 181 cm³/mol. The Hall–Kier alpha value is -3.64. The molecule has 0 bridgehead atoms. The molecule has 40 heavy (non-hydrogen) atoms. The van der Waals surface area contributed by atoms with Crippen LogP contribution in [0.5, 0.6) is 0 Å². The first-order valence-electron chi connectivity index (χ1n) is 14.4. The van der Waals surface area contributed by atoms with Crippen molar-refractivity contribution >= 4 is 0 Å².